The van der Waals surface area contributed by atoms with E-state index >= 15 is 0 Å². The van der Waals surface area contributed by atoms with Crippen molar-refractivity contribution in [3.05, 3.63) is 53.5 Å². The highest BCUT2D eigenvalue weighted by Gasteiger charge is 2.23. The molecule has 0 spiro atoms. The number of hydrogen-bond acceptors (Lipinski definition) is 3. The van der Waals surface area contributed by atoms with E-state index in [2.05, 4.69) is 0 Å². The molecule has 0 radical (unpaired) electrons. The van der Waals surface area contributed by atoms with Gasteiger partial charge in [0.15, 0.2) is 0 Å². The zero-order valence-electron chi connectivity index (χ0n) is 10.4. The molecular formula is C15H17NO2. The second kappa shape index (κ2) is 4.50. The highest BCUT2D eigenvalue weighted by atomic mass is 16.5. The first-order valence-electron chi connectivity index (χ1n) is 6.31. The maximum absolute atomic E-state index is 6.20. The van der Waals surface area contributed by atoms with Crippen LogP contribution in [0.15, 0.2) is 40.8 Å². The van der Waals surface area contributed by atoms with Gasteiger partial charge in [-0.1, -0.05) is 12.1 Å². The van der Waals surface area contributed by atoms with E-state index in [0.29, 0.717) is 6.10 Å². The molecule has 1 saturated carbocycles. The fraction of sp³-hybridized carbons (Fsp3) is 0.333. The predicted molar refractivity (Wildman–Crippen MR) is 69.6 cm³/mol. The number of nitrogens with two attached hydrogens (primary N) is 1. The van der Waals surface area contributed by atoms with Gasteiger partial charge in [-0.05, 0) is 49.6 Å². The van der Waals surface area contributed by atoms with Crippen molar-refractivity contribution in [2.24, 2.45) is 5.73 Å². The number of furan rings is 1. The molecule has 1 aliphatic carbocycles. The van der Waals surface area contributed by atoms with E-state index in [1.54, 1.807) is 0 Å². The molecule has 1 aromatic heterocycles. The van der Waals surface area contributed by atoms with E-state index in [1.807, 2.05) is 43.3 Å². The summed E-state index contributed by atoms with van der Waals surface area (Å²) in [5, 5.41) is 0. The van der Waals surface area contributed by atoms with Crippen LogP contribution in [0, 0.1) is 6.92 Å². The van der Waals surface area contributed by atoms with Crippen LogP contribution in [0.1, 0.15) is 36.0 Å². The third-order valence-electron chi connectivity index (χ3n) is 3.11. The Kier molecular flexibility index (Phi) is 2.84. The number of rotatable bonds is 4. The molecule has 1 fully saturated rings. The largest absolute Gasteiger partial charge is 0.490 e. The van der Waals surface area contributed by atoms with Gasteiger partial charge in [-0.3, -0.25) is 0 Å². The molecule has 1 heterocycles. The normalized spacial score (nSPS) is 16.6. The Morgan fingerprint density at radius 2 is 2.11 bits per heavy atom. The number of hydrogen-bond donors (Lipinski definition) is 1. The van der Waals surface area contributed by atoms with Crippen LogP contribution in [-0.2, 0) is 0 Å². The van der Waals surface area contributed by atoms with Gasteiger partial charge < -0.3 is 14.9 Å². The van der Waals surface area contributed by atoms with Crippen LogP contribution in [0.5, 0.6) is 5.75 Å². The summed E-state index contributed by atoms with van der Waals surface area (Å²) in [7, 11) is 0. The standard InChI is InChI=1S/C15H17NO2/c1-10-5-8-14(17-10)15(16)11-3-2-4-13(9-11)18-12-6-7-12/h2-5,8-9,12,15H,6-7,16H2,1H3. The zero-order valence-corrected chi connectivity index (χ0v) is 10.4. The zero-order chi connectivity index (χ0) is 12.5. The van der Waals surface area contributed by atoms with Crippen LogP contribution in [0.4, 0.5) is 0 Å². The minimum atomic E-state index is -0.235. The smallest absolute Gasteiger partial charge is 0.125 e. The third-order valence-corrected chi connectivity index (χ3v) is 3.11. The fourth-order valence-electron chi connectivity index (χ4n) is 1.94. The van der Waals surface area contributed by atoms with Gasteiger partial charge in [0.1, 0.15) is 17.3 Å². The van der Waals surface area contributed by atoms with Crippen LogP contribution >= 0.6 is 0 Å². The molecule has 3 rings (SSSR count). The van der Waals surface area contributed by atoms with Crippen molar-refractivity contribution in [1.29, 1.82) is 0 Å². The van der Waals surface area contributed by atoms with Crippen molar-refractivity contribution < 1.29 is 9.15 Å². The summed E-state index contributed by atoms with van der Waals surface area (Å²) in [6.07, 6.45) is 2.73. The summed E-state index contributed by atoms with van der Waals surface area (Å²) < 4.78 is 11.3. The van der Waals surface area contributed by atoms with E-state index in [0.717, 1.165) is 35.7 Å². The molecule has 1 unspecified atom stereocenters. The first kappa shape index (κ1) is 11.4. The van der Waals surface area contributed by atoms with Gasteiger partial charge >= 0.3 is 0 Å². The molecule has 3 nitrogen and oxygen atoms in total. The molecule has 0 aliphatic heterocycles. The molecule has 1 atom stereocenters. The summed E-state index contributed by atoms with van der Waals surface area (Å²) in [5.41, 5.74) is 7.21. The first-order chi connectivity index (χ1) is 8.72. The van der Waals surface area contributed by atoms with Crippen molar-refractivity contribution in [2.45, 2.75) is 31.9 Å². The summed E-state index contributed by atoms with van der Waals surface area (Å²) in [5.74, 6) is 2.57. The lowest BCUT2D eigenvalue weighted by Gasteiger charge is -2.11. The lowest BCUT2D eigenvalue weighted by atomic mass is 10.1. The average molecular weight is 243 g/mol. The first-order valence-corrected chi connectivity index (χ1v) is 6.31. The van der Waals surface area contributed by atoms with Crippen LogP contribution in [0.3, 0.4) is 0 Å². The van der Waals surface area contributed by atoms with Crippen molar-refractivity contribution in [1.82, 2.24) is 0 Å². The quantitative estimate of drug-likeness (QED) is 0.897. The lowest BCUT2D eigenvalue weighted by Crippen LogP contribution is -2.11. The number of aryl methyl sites for hydroxylation is 1. The lowest BCUT2D eigenvalue weighted by molar-refractivity contribution is 0.302. The molecule has 18 heavy (non-hydrogen) atoms. The second-order valence-corrected chi connectivity index (χ2v) is 4.82. The predicted octanol–water partition coefficient (Wildman–Crippen LogP) is 3.18. The van der Waals surface area contributed by atoms with Crippen molar-refractivity contribution in [3.8, 4) is 5.75 Å². The third kappa shape index (κ3) is 2.41. The SMILES string of the molecule is Cc1ccc(C(N)c2cccc(OC3CC3)c2)o1. The molecule has 2 aromatic rings. The Labute approximate surface area is 107 Å². The second-order valence-electron chi connectivity index (χ2n) is 4.82. The molecule has 1 aromatic carbocycles. The molecule has 94 valence electrons. The summed E-state index contributed by atoms with van der Waals surface area (Å²) in [6, 6.07) is 11.6. The molecule has 0 saturated heterocycles. The van der Waals surface area contributed by atoms with E-state index < -0.39 is 0 Å². The van der Waals surface area contributed by atoms with Gasteiger partial charge in [-0.25, -0.2) is 0 Å². The van der Waals surface area contributed by atoms with Gasteiger partial charge in [0.05, 0.1) is 12.1 Å². The van der Waals surface area contributed by atoms with E-state index in [9.17, 15) is 0 Å². The average Bonchev–Trinajstić information content (AvgIpc) is 3.08. The molecule has 2 N–H and O–H groups in total. The molecule has 0 bridgehead atoms. The number of ether oxygens (including phenoxy) is 1. The van der Waals surface area contributed by atoms with Crippen LogP contribution < -0.4 is 10.5 Å². The topological polar surface area (TPSA) is 48.4 Å². The summed E-state index contributed by atoms with van der Waals surface area (Å²) in [6.45, 7) is 1.92. The molecule has 1 aliphatic rings. The van der Waals surface area contributed by atoms with Crippen LogP contribution in [-0.4, -0.2) is 6.10 Å². The Hall–Kier alpha value is -1.74. The van der Waals surface area contributed by atoms with Crippen molar-refractivity contribution in [2.75, 3.05) is 0 Å². The van der Waals surface area contributed by atoms with E-state index in [-0.39, 0.29) is 6.04 Å². The minimum absolute atomic E-state index is 0.235. The van der Waals surface area contributed by atoms with E-state index in [4.69, 9.17) is 14.9 Å². The Balaban J connectivity index is 1.81. The minimum Gasteiger partial charge on any atom is -0.490 e. The highest BCUT2D eigenvalue weighted by molar-refractivity contribution is 5.34. The Bertz CT molecular complexity index is 543. The van der Waals surface area contributed by atoms with Gasteiger partial charge in [0, 0.05) is 0 Å². The fourth-order valence-corrected chi connectivity index (χ4v) is 1.94. The molecule has 3 heteroatoms. The monoisotopic (exact) mass is 243 g/mol. The van der Waals surface area contributed by atoms with Gasteiger partial charge in [0.25, 0.3) is 0 Å². The van der Waals surface area contributed by atoms with E-state index in [1.165, 1.54) is 0 Å². The summed E-state index contributed by atoms with van der Waals surface area (Å²) in [4.78, 5) is 0. The Morgan fingerprint density at radius 3 is 2.78 bits per heavy atom. The molecule has 0 amide bonds. The van der Waals surface area contributed by atoms with Crippen molar-refractivity contribution >= 4 is 0 Å². The van der Waals surface area contributed by atoms with Crippen molar-refractivity contribution in [3.63, 3.8) is 0 Å². The van der Waals surface area contributed by atoms with Crippen LogP contribution in [0.25, 0.3) is 0 Å². The van der Waals surface area contributed by atoms with Gasteiger partial charge in [0.2, 0.25) is 0 Å². The summed E-state index contributed by atoms with van der Waals surface area (Å²) >= 11 is 0. The van der Waals surface area contributed by atoms with Crippen LogP contribution in [0.2, 0.25) is 0 Å². The Morgan fingerprint density at radius 1 is 1.28 bits per heavy atom. The number of benzene rings is 1. The molecular weight excluding hydrogens is 226 g/mol. The highest BCUT2D eigenvalue weighted by Crippen LogP contribution is 2.29. The maximum atomic E-state index is 6.20. The van der Waals surface area contributed by atoms with Gasteiger partial charge in [-0.2, -0.15) is 0 Å². The van der Waals surface area contributed by atoms with Gasteiger partial charge in [-0.15, -0.1) is 0 Å². The maximum Gasteiger partial charge on any atom is 0.125 e.